The molecule has 1 fully saturated rings. The lowest BCUT2D eigenvalue weighted by Crippen LogP contribution is -2.42. The predicted octanol–water partition coefficient (Wildman–Crippen LogP) is 2.95. The van der Waals surface area contributed by atoms with E-state index in [2.05, 4.69) is 29.8 Å². The monoisotopic (exact) mass is 410 g/mol. The van der Waals surface area contributed by atoms with Crippen molar-refractivity contribution in [2.45, 2.75) is 38.8 Å². The number of para-hydroxylation sites is 2. The Kier molecular flexibility index (Phi) is 5.79. The number of fused-ring (bicyclic) bond motifs is 1. The van der Waals surface area contributed by atoms with Crippen molar-refractivity contribution in [1.29, 1.82) is 0 Å². The summed E-state index contributed by atoms with van der Waals surface area (Å²) in [4.78, 5) is 24.0. The van der Waals surface area contributed by atoms with E-state index in [0.717, 1.165) is 11.3 Å². The molecule has 30 heavy (non-hydrogen) atoms. The van der Waals surface area contributed by atoms with E-state index in [0.29, 0.717) is 24.1 Å². The number of nitrogens with one attached hydrogen (secondary N) is 1. The van der Waals surface area contributed by atoms with Crippen molar-refractivity contribution in [2.24, 2.45) is 0 Å². The van der Waals surface area contributed by atoms with Crippen molar-refractivity contribution in [3.05, 3.63) is 53.4 Å². The molecule has 1 saturated carbocycles. The van der Waals surface area contributed by atoms with Crippen LogP contribution in [0.5, 0.6) is 11.5 Å². The highest BCUT2D eigenvalue weighted by molar-refractivity contribution is 5.89. The van der Waals surface area contributed by atoms with Gasteiger partial charge in [0.25, 0.3) is 5.91 Å². The average Bonchev–Trinajstić information content (AvgIpc) is 3.54. The number of hydrogen-bond acceptors (Lipinski definition) is 5. The highest BCUT2D eigenvalue weighted by Gasteiger charge is 2.26. The fraction of sp³-hybridized carbons (Fsp3) is 0.391. The molecule has 2 aromatic rings. The van der Waals surface area contributed by atoms with Gasteiger partial charge in [-0.3, -0.25) is 4.79 Å². The van der Waals surface area contributed by atoms with E-state index in [1.54, 1.807) is 6.08 Å². The van der Waals surface area contributed by atoms with Crippen molar-refractivity contribution in [3.8, 4) is 11.5 Å². The number of nitrogens with zero attached hydrogens (tertiary/aromatic N) is 1. The van der Waals surface area contributed by atoms with Gasteiger partial charge in [-0.15, -0.1) is 0 Å². The Balaban J connectivity index is 1.20. The number of hydrogen-bond donors (Lipinski definition) is 1. The second kappa shape index (κ2) is 8.65. The van der Waals surface area contributed by atoms with Crippen LogP contribution in [-0.4, -0.2) is 42.3 Å². The van der Waals surface area contributed by atoms with Gasteiger partial charge in [0.15, 0.2) is 18.1 Å². The van der Waals surface area contributed by atoms with Crippen molar-refractivity contribution in [2.75, 3.05) is 19.8 Å². The fourth-order valence-electron chi connectivity index (χ4n) is 3.65. The fourth-order valence-corrected chi connectivity index (χ4v) is 3.65. The number of aromatic nitrogens is 1. The first-order valence-corrected chi connectivity index (χ1v) is 10.2. The molecule has 0 radical (unpaired) electrons. The minimum absolute atomic E-state index is 0.272. The van der Waals surface area contributed by atoms with Crippen LogP contribution >= 0.6 is 0 Å². The molecule has 4 rings (SSSR count). The van der Waals surface area contributed by atoms with Crippen LogP contribution in [0.4, 0.5) is 0 Å². The summed E-state index contributed by atoms with van der Waals surface area (Å²) in [6, 6.07) is 10.0. The summed E-state index contributed by atoms with van der Waals surface area (Å²) in [6.45, 7) is 4.41. The molecule has 1 N–H and O–H groups in total. The van der Waals surface area contributed by atoms with Crippen molar-refractivity contribution in [3.63, 3.8) is 0 Å². The number of carbonyl (C=O) groups is 2. The second-order valence-corrected chi connectivity index (χ2v) is 7.67. The SMILES string of the molecule is Cc1cc(/C=C/C(=O)OCC(=O)NC[C@@H]2COc3ccccc3O2)c(C)n1C1CC1. The van der Waals surface area contributed by atoms with Crippen LogP contribution in [0.25, 0.3) is 6.08 Å². The molecular formula is C23H26N2O5. The number of benzene rings is 1. The summed E-state index contributed by atoms with van der Waals surface area (Å²) in [5.74, 6) is 0.415. The molecule has 0 unspecified atom stereocenters. The number of esters is 1. The van der Waals surface area contributed by atoms with Crippen molar-refractivity contribution < 1.29 is 23.8 Å². The van der Waals surface area contributed by atoms with E-state index >= 15 is 0 Å². The lowest BCUT2D eigenvalue weighted by Gasteiger charge is -2.26. The zero-order valence-corrected chi connectivity index (χ0v) is 17.2. The number of rotatable bonds is 7. The molecule has 1 aromatic carbocycles. The first-order valence-electron chi connectivity index (χ1n) is 10.2. The highest BCUT2D eigenvalue weighted by atomic mass is 16.6. The maximum Gasteiger partial charge on any atom is 0.331 e. The van der Waals surface area contributed by atoms with E-state index in [1.807, 2.05) is 24.3 Å². The molecule has 1 amide bonds. The molecular weight excluding hydrogens is 384 g/mol. The molecule has 7 nitrogen and oxygen atoms in total. The Hall–Kier alpha value is -3.22. The van der Waals surface area contributed by atoms with Crippen molar-refractivity contribution in [1.82, 2.24) is 9.88 Å². The molecule has 2 aliphatic rings. The Morgan fingerprint density at radius 2 is 2.00 bits per heavy atom. The van der Waals surface area contributed by atoms with Gasteiger partial charge in [0, 0.05) is 23.5 Å². The summed E-state index contributed by atoms with van der Waals surface area (Å²) < 4.78 is 18.7. The van der Waals surface area contributed by atoms with E-state index < -0.39 is 5.97 Å². The lowest BCUT2D eigenvalue weighted by molar-refractivity contribution is -0.143. The molecule has 158 valence electrons. The average molecular weight is 410 g/mol. The largest absolute Gasteiger partial charge is 0.486 e. The van der Waals surface area contributed by atoms with E-state index in [1.165, 1.54) is 24.6 Å². The number of carbonyl (C=O) groups excluding carboxylic acids is 2. The summed E-state index contributed by atoms with van der Waals surface area (Å²) in [5, 5.41) is 2.70. The third-order valence-corrected chi connectivity index (χ3v) is 5.27. The van der Waals surface area contributed by atoms with Gasteiger partial charge in [-0.05, 0) is 56.5 Å². The summed E-state index contributed by atoms with van der Waals surface area (Å²) in [5.41, 5.74) is 3.34. The predicted molar refractivity (Wildman–Crippen MR) is 112 cm³/mol. The summed E-state index contributed by atoms with van der Waals surface area (Å²) >= 11 is 0. The van der Waals surface area contributed by atoms with Crippen LogP contribution in [0, 0.1) is 13.8 Å². The normalized spacial score (nSPS) is 17.7. The van der Waals surface area contributed by atoms with Gasteiger partial charge < -0.3 is 24.1 Å². The molecule has 0 bridgehead atoms. The minimum atomic E-state index is -0.549. The Morgan fingerprint density at radius 1 is 1.23 bits per heavy atom. The molecule has 1 aliphatic carbocycles. The van der Waals surface area contributed by atoms with Crippen LogP contribution in [0.1, 0.15) is 35.8 Å². The third kappa shape index (κ3) is 4.67. The first kappa shape index (κ1) is 20.1. The standard InChI is InChI=1S/C23H26N2O5/c1-15-11-17(16(2)25(15)18-8-9-18)7-10-23(27)29-14-22(26)24-12-19-13-28-20-5-3-4-6-21(20)30-19/h3-7,10-11,18-19H,8-9,12-14H2,1-2H3,(H,24,26)/b10-7+/t19-/m1/s1. The van der Waals surface area contributed by atoms with Gasteiger partial charge in [-0.25, -0.2) is 4.79 Å². The van der Waals surface area contributed by atoms with Gasteiger partial charge >= 0.3 is 5.97 Å². The van der Waals surface area contributed by atoms with E-state index in [-0.39, 0.29) is 25.2 Å². The van der Waals surface area contributed by atoms with E-state index in [4.69, 9.17) is 14.2 Å². The van der Waals surface area contributed by atoms with E-state index in [9.17, 15) is 9.59 Å². The van der Waals surface area contributed by atoms with Gasteiger partial charge in [0.1, 0.15) is 12.7 Å². The van der Waals surface area contributed by atoms with Gasteiger partial charge in [-0.1, -0.05) is 12.1 Å². The van der Waals surface area contributed by atoms with Crippen LogP contribution < -0.4 is 14.8 Å². The van der Waals surface area contributed by atoms with Crippen LogP contribution in [-0.2, 0) is 14.3 Å². The number of aryl methyl sites for hydroxylation is 1. The molecule has 2 heterocycles. The summed E-state index contributed by atoms with van der Waals surface area (Å²) in [6.07, 6.45) is 5.23. The highest BCUT2D eigenvalue weighted by Crippen LogP contribution is 2.38. The van der Waals surface area contributed by atoms with Crippen molar-refractivity contribution >= 4 is 18.0 Å². The first-order chi connectivity index (χ1) is 14.5. The number of amides is 1. The molecule has 1 aliphatic heterocycles. The maximum absolute atomic E-state index is 12.0. The maximum atomic E-state index is 12.0. The van der Waals surface area contributed by atoms with Crippen LogP contribution in [0.3, 0.4) is 0 Å². The second-order valence-electron chi connectivity index (χ2n) is 7.67. The zero-order chi connectivity index (χ0) is 21.1. The quantitative estimate of drug-likeness (QED) is 0.561. The summed E-state index contributed by atoms with van der Waals surface area (Å²) in [7, 11) is 0. The third-order valence-electron chi connectivity index (χ3n) is 5.27. The Morgan fingerprint density at radius 3 is 2.77 bits per heavy atom. The molecule has 1 aromatic heterocycles. The molecule has 7 heteroatoms. The Bertz CT molecular complexity index is 974. The number of ether oxygens (including phenoxy) is 3. The smallest absolute Gasteiger partial charge is 0.331 e. The molecule has 0 saturated heterocycles. The molecule has 0 spiro atoms. The van der Waals surface area contributed by atoms with Gasteiger partial charge in [-0.2, -0.15) is 0 Å². The topological polar surface area (TPSA) is 78.8 Å². The van der Waals surface area contributed by atoms with Gasteiger partial charge in [0.2, 0.25) is 0 Å². The van der Waals surface area contributed by atoms with Crippen LogP contribution in [0.15, 0.2) is 36.4 Å². The Labute approximate surface area is 175 Å². The minimum Gasteiger partial charge on any atom is -0.486 e. The van der Waals surface area contributed by atoms with Gasteiger partial charge in [0.05, 0.1) is 6.54 Å². The molecule has 1 atom stereocenters. The zero-order valence-electron chi connectivity index (χ0n) is 17.2. The van der Waals surface area contributed by atoms with Crippen LogP contribution in [0.2, 0.25) is 0 Å². The lowest BCUT2D eigenvalue weighted by atomic mass is 10.2.